The van der Waals surface area contributed by atoms with E-state index in [9.17, 15) is 4.79 Å². The van der Waals surface area contributed by atoms with E-state index < -0.39 is 0 Å². The second-order valence-electron chi connectivity index (χ2n) is 4.71. The summed E-state index contributed by atoms with van der Waals surface area (Å²) in [6.45, 7) is 5.60. The Morgan fingerprint density at radius 1 is 1.53 bits per heavy atom. The van der Waals surface area contributed by atoms with Crippen molar-refractivity contribution < 1.29 is 4.79 Å². The molecule has 1 atom stereocenters. The number of hydrogen-bond donors (Lipinski definition) is 2. The van der Waals surface area contributed by atoms with Crippen LogP contribution in [0.3, 0.4) is 0 Å². The fourth-order valence-electron chi connectivity index (χ4n) is 2.32. The van der Waals surface area contributed by atoms with Crippen molar-refractivity contribution in [3.8, 4) is 0 Å². The minimum atomic E-state index is -0.0441. The van der Waals surface area contributed by atoms with Gasteiger partial charge in [0.25, 0.3) is 0 Å². The number of hydrogen-bond acceptors (Lipinski definition) is 5. The molecule has 6 heteroatoms. The molecule has 5 nitrogen and oxygen atoms in total. The van der Waals surface area contributed by atoms with Gasteiger partial charge in [-0.1, -0.05) is 6.92 Å². The van der Waals surface area contributed by atoms with E-state index in [0.717, 1.165) is 44.0 Å². The van der Waals surface area contributed by atoms with Crippen LogP contribution >= 0.6 is 11.3 Å². The molecule has 1 aromatic rings. The lowest BCUT2D eigenvalue weighted by Gasteiger charge is -2.23. The average Bonchev–Trinajstić information content (AvgIpc) is 3.08. The molecular formula is C13H22N4OS. The molecule has 106 valence electrons. The summed E-state index contributed by atoms with van der Waals surface area (Å²) in [4.78, 5) is 18.6. The monoisotopic (exact) mass is 282 g/mol. The van der Waals surface area contributed by atoms with Crippen molar-refractivity contribution in [2.45, 2.75) is 32.2 Å². The van der Waals surface area contributed by atoms with Crippen molar-refractivity contribution in [2.24, 2.45) is 0 Å². The first-order chi connectivity index (χ1) is 9.33. The third-order valence-electron chi connectivity index (χ3n) is 3.25. The molecular weight excluding hydrogens is 260 g/mol. The number of nitrogens with zero attached hydrogens (tertiary/aromatic N) is 2. The second-order valence-corrected chi connectivity index (χ2v) is 5.58. The van der Waals surface area contributed by atoms with Gasteiger partial charge in [0.2, 0.25) is 5.91 Å². The molecule has 2 N–H and O–H groups in total. The predicted octanol–water partition coefficient (Wildman–Crippen LogP) is 1.23. The van der Waals surface area contributed by atoms with Gasteiger partial charge in [0.05, 0.1) is 0 Å². The Kier molecular flexibility index (Phi) is 5.60. The molecule has 0 bridgehead atoms. The highest BCUT2D eigenvalue weighted by atomic mass is 32.1. The third kappa shape index (κ3) is 3.91. The fraction of sp³-hybridized carbons (Fsp3) is 0.692. The van der Waals surface area contributed by atoms with Gasteiger partial charge in [-0.3, -0.25) is 4.79 Å². The van der Waals surface area contributed by atoms with E-state index in [2.05, 4.69) is 27.4 Å². The quantitative estimate of drug-likeness (QED) is 0.739. The van der Waals surface area contributed by atoms with Crippen LogP contribution in [0.5, 0.6) is 0 Å². The summed E-state index contributed by atoms with van der Waals surface area (Å²) >= 11 is 1.60. The van der Waals surface area contributed by atoms with E-state index in [0.29, 0.717) is 6.54 Å². The van der Waals surface area contributed by atoms with Crippen LogP contribution in [0.2, 0.25) is 0 Å². The normalized spacial score (nSPS) is 18.8. The van der Waals surface area contributed by atoms with Gasteiger partial charge in [-0.15, -0.1) is 11.3 Å². The molecule has 0 saturated carbocycles. The molecule has 1 saturated heterocycles. The van der Waals surface area contributed by atoms with Gasteiger partial charge in [0.15, 0.2) is 5.13 Å². The van der Waals surface area contributed by atoms with Gasteiger partial charge in [-0.25, -0.2) is 4.98 Å². The van der Waals surface area contributed by atoms with Crippen LogP contribution < -0.4 is 15.5 Å². The molecule has 1 fully saturated rings. The Balaban J connectivity index is 1.78. The zero-order valence-electron chi connectivity index (χ0n) is 11.4. The number of carbonyl (C=O) groups excluding carboxylic acids is 1. The Morgan fingerprint density at radius 3 is 3.16 bits per heavy atom. The van der Waals surface area contributed by atoms with Crippen molar-refractivity contribution in [3.05, 3.63) is 11.6 Å². The number of thiazole rings is 1. The molecule has 0 aliphatic carbocycles. The zero-order valence-corrected chi connectivity index (χ0v) is 12.2. The number of nitrogens with one attached hydrogen (secondary N) is 2. The molecule has 1 amide bonds. The minimum absolute atomic E-state index is 0.0441. The second kappa shape index (κ2) is 7.45. The topological polar surface area (TPSA) is 57.3 Å². The van der Waals surface area contributed by atoms with Crippen molar-refractivity contribution in [1.29, 1.82) is 0 Å². The molecule has 0 spiro atoms. The summed E-state index contributed by atoms with van der Waals surface area (Å²) in [6, 6.07) is -0.0441. The maximum Gasteiger partial charge on any atom is 0.242 e. The minimum Gasteiger partial charge on any atom is -0.353 e. The van der Waals surface area contributed by atoms with Crippen molar-refractivity contribution in [1.82, 2.24) is 15.6 Å². The lowest BCUT2D eigenvalue weighted by Crippen LogP contribution is -2.45. The standard InChI is InChI=1S/C13H22N4OS/c1-2-5-14-6-7-15-12(18)11-4-3-9-17(11)13-16-8-10-19-13/h8,10-11,14H,2-7,9H2,1H3,(H,15,18). The summed E-state index contributed by atoms with van der Waals surface area (Å²) in [6.07, 6.45) is 4.90. The van der Waals surface area contributed by atoms with Gasteiger partial charge in [-0.05, 0) is 25.8 Å². The van der Waals surface area contributed by atoms with E-state index in [1.54, 1.807) is 17.5 Å². The van der Waals surface area contributed by atoms with Crippen LogP contribution in [0, 0.1) is 0 Å². The summed E-state index contributed by atoms with van der Waals surface area (Å²) < 4.78 is 0. The lowest BCUT2D eigenvalue weighted by atomic mass is 10.2. The fourth-order valence-corrected chi connectivity index (χ4v) is 3.04. The van der Waals surface area contributed by atoms with Gasteiger partial charge in [-0.2, -0.15) is 0 Å². The van der Waals surface area contributed by atoms with Crippen molar-refractivity contribution >= 4 is 22.4 Å². The van der Waals surface area contributed by atoms with E-state index >= 15 is 0 Å². The highest BCUT2D eigenvalue weighted by molar-refractivity contribution is 7.13. The zero-order chi connectivity index (χ0) is 13.5. The predicted molar refractivity (Wildman–Crippen MR) is 78.7 cm³/mol. The summed E-state index contributed by atoms with van der Waals surface area (Å²) in [5.41, 5.74) is 0. The van der Waals surface area contributed by atoms with Gasteiger partial charge < -0.3 is 15.5 Å². The Bertz CT molecular complexity index is 382. The molecule has 0 radical (unpaired) electrons. The lowest BCUT2D eigenvalue weighted by molar-refractivity contribution is -0.122. The van der Waals surface area contributed by atoms with E-state index in [1.165, 1.54) is 0 Å². The highest BCUT2D eigenvalue weighted by Crippen LogP contribution is 2.27. The van der Waals surface area contributed by atoms with Gasteiger partial charge >= 0.3 is 0 Å². The van der Waals surface area contributed by atoms with Crippen LogP contribution in [0.4, 0.5) is 5.13 Å². The van der Waals surface area contributed by atoms with Crippen LogP contribution in [-0.4, -0.2) is 43.1 Å². The molecule has 1 unspecified atom stereocenters. The number of carbonyl (C=O) groups is 1. The highest BCUT2D eigenvalue weighted by Gasteiger charge is 2.31. The van der Waals surface area contributed by atoms with Crippen LogP contribution in [0.1, 0.15) is 26.2 Å². The van der Waals surface area contributed by atoms with Crippen LogP contribution in [0.25, 0.3) is 0 Å². The number of amides is 1. The number of rotatable bonds is 7. The summed E-state index contributed by atoms with van der Waals surface area (Å²) in [7, 11) is 0. The maximum absolute atomic E-state index is 12.2. The summed E-state index contributed by atoms with van der Waals surface area (Å²) in [5, 5.41) is 9.21. The number of aromatic nitrogens is 1. The van der Waals surface area contributed by atoms with Crippen molar-refractivity contribution in [3.63, 3.8) is 0 Å². The summed E-state index contributed by atoms with van der Waals surface area (Å²) in [5.74, 6) is 0.131. The smallest absolute Gasteiger partial charge is 0.242 e. The molecule has 2 rings (SSSR count). The van der Waals surface area contributed by atoms with Crippen LogP contribution in [0.15, 0.2) is 11.6 Å². The molecule has 2 heterocycles. The molecule has 1 aliphatic rings. The SMILES string of the molecule is CCCNCCNC(=O)C1CCCN1c1nccs1. The average molecular weight is 282 g/mol. The molecule has 19 heavy (non-hydrogen) atoms. The molecule has 1 aromatic heterocycles. The number of anilines is 1. The van der Waals surface area contributed by atoms with E-state index in [-0.39, 0.29) is 11.9 Å². The van der Waals surface area contributed by atoms with Crippen LogP contribution in [-0.2, 0) is 4.79 Å². The van der Waals surface area contributed by atoms with E-state index in [1.807, 2.05) is 5.38 Å². The van der Waals surface area contributed by atoms with E-state index in [4.69, 9.17) is 0 Å². The largest absolute Gasteiger partial charge is 0.353 e. The van der Waals surface area contributed by atoms with Gasteiger partial charge in [0, 0.05) is 31.2 Å². The first-order valence-electron chi connectivity index (χ1n) is 6.97. The van der Waals surface area contributed by atoms with Crippen molar-refractivity contribution in [2.75, 3.05) is 31.1 Å². The third-order valence-corrected chi connectivity index (χ3v) is 4.06. The Labute approximate surface area is 118 Å². The Morgan fingerprint density at radius 2 is 2.42 bits per heavy atom. The molecule has 1 aliphatic heterocycles. The van der Waals surface area contributed by atoms with Gasteiger partial charge in [0.1, 0.15) is 6.04 Å². The maximum atomic E-state index is 12.2. The molecule has 0 aromatic carbocycles. The Hall–Kier alpha value is -1.14. The first-order valence-corrected chi connectivity index (χ1v) is 7.85. The first kappa shape index (κ1) is 14.3.